The number of carbonyl (C=O) groups is 2. The molecular weight excluding hydrogens is 388 g/mol. The van der Waals surface area contributed by atoms with E-state index in [9.17, 15) is 9.59 Å². The molecule has 0 bridgehead atoms. The maximum absolute atomic E-state index is 13.4. The van der Waals surface area contributed by atoms with Gasteiger partial charge in [-0.05, 0) is 5.56 Å². The summed E-state index contributed by atoms with van der Waals surface area (Å²) in [7, 11) is 4.24. The van der Waals surface area contributed by atoms with Crippen LogP contribution < -0.4 is 14.8 Å². The molecule has 160 valence electrons. The lowest BCUT2D eigenvalue weighted by Crippen LogP contribution is -2.44. The topological polar surface area (TPSA) is 86.3 Å². The van der Waals surface area contributed by atoms with E-state index in [1.807, 2.05) is 30.3 Å². The molecule has 30 heavy (non-hydrogen) atoms. The van der Waals surface area contributed by atoms with Crippen LogP contribution in [0.15, 0.2) is 42.5 Å². The first-order valence-electron chi connectivity index (χ1n) is 9.61. The molecule has 1 atom stereocenters. The number of ether oxygens (including phenoxy) is 4. The number of rotatable bonds is 7. The van der Waals surface area contributed by atoms with E-state index in [1.54, 1.807) is 6.07 Å². The molecule has 0 aliphatic carbocycles. The minimum absolute atomic E-state index is 0.178. The molecule has 0 spiro atoms. The van der Waals surface area contributed by atoms with Crippen LogP contribution in [0.1, 0.15) is 22.0 Å². The Morgan fingerprint density at radius 1 is 1.00 bits per heavy atom. The minimum atomic E-state index is -0.589. The number of nitrogens with zero attached hydrogens (tertiary/aromatic N) is 1. The van der Waals surface area contributed by atoms with Gasteiger partial charge in [-0.3, -0.25) is 9.69 Å². The van der Waals surface area contributed by atoms with Crippen LogP contribution in [0.25, 0.3) is 0 Å². The Labute approximate surface area is 175 Å². The van der Waals surface area contributed by atoms with Crippen LogP contribution in [-0.2, 0) is 14.3 Å². The number of carbonyl (C=O) groups excluding carboxylic acids is 2. The summed E-state index contributed by atoms with van der Waals surface area (Å²) >= 11 is 0. The Kier molecular flexibility index (Phi) is 7.26. The van der Waals surface area contributed by atoms with Crippen molar-refractivity contribution in [3.8, 4) is 11.5 Å². The van der Waals surface area contributed by atoms with Crippen molar-refractivity contribution in [1.29, 1.82) is 0 Å². The van der Waals surface area contributed by atoms with Gasteiger partial charge in [0.05, 0.1) is 45.8 Å². The molecule has 1 N–H and O–H groups in total. The third-order valence-corrected chi connectivity index (χ3v) is 4.96. The number of nitrogens with one attached hydrogen (secondary N) is 1. The zero-order chi connectivity index (χ0) is 21.5. The summed E-state index contributed by atoms with van der Waals surface area (Å²) in [5, 5.41) is 2.89. The Bertz CT molecular complexity index is 881. The lowest BCUT2D eigenvalue weighted by Gasteiger charge is -2.34. The molecule has 8 nitrogen and oxygen atoms in total. The van der Waals surface area contributed by atoms with Crippen molar-refractivity contribution in [3.63, 3.8) is 0 Å². The molecular formula is C22H26N2O6. The van der Waals surface area contributed by atoms with Crippen LogP contribution in [0.5, 0.6) is 11.5 Å². The molecule has 2 aromatic carbocycles. The molecule has 2 aromatic rings. The summed E-state index contributed by atoms with van der Waals surface area (Å²) in [6.07, 6.45) is 0. The number of benzene rings is 2. The molecule has 1 amide bonds. The Balaban J connectivity index is 1.97. The average Bonchev–Trinajstić information content (AvgIpc) is 2.79. The molecule has 1 fully saturated rings. The number of hydrogen-bond donors (Lipinski definition) is 1. The quantitative estimate of drug-likeness (QED) is 0.697. The normalized spacial score (nSPS) is 15.2. The van der Waals surface area contributed by atoms with Gasteiger partial charge in [0.1, 0.15) is 6.04 Å². The van der Waals surface area contributed by atoms with Crippen LogP contribution in [-0.4, -0.2) is 64.4 Å². The Morgan fingerprint density at radius 2 is 1.63 bits per heavy atom. The first kappa shape index (κ1) is 21.6. The number of amides is 1. The fourth-order valence-electron chi connectivity index (χ4n) is 3.46. The highest BCUT2D eigenvalue weighted by Crippen LogP contribution is 2.34. The van der Waals surface area contributed by atoms with E-state index in [1.165, 1.54) is 27.4 Å². The Hall–Kier alpha value is -3.10. The second-order valence-electron chi connectivity index (χ2n) is 6.70. The van der Waals surface area contributed by atoms with E-state index >= 15 is 0 Å². The summed E-state index contributed by atoms with van der Waals surface area (Å²) < 4.78 is 20.9. The number of methoxy groups -OCH3 is 3. The van der Waals surface area contributed by atoms with Crippen LogP contribution in [0, 0.1) is 0 Å². The fraction of sp³-hybridized carbons (Fsp3) is 0.364. The fourth-order valence-corrected chi connectivity index (χ4v) is 3.46. The number of morpholine rings is 1. The minimum Gasteiger partial charge on any atom is -0.493 e. The first-order chi connectivity index (χ1) is 14.6. The smallest absolute Gasteiger partial charge is 0.340 e. The summed E-state index contributed by atoms with van der Waals surface area (Å²) in [6, 6.07) is 12.0. The zero-order valence-electron chi connectivity index (χ0n) is 17.3. The van der Waals surface area contributed by atoms with E-state index in [2.05, 4.69) is 10.2 Å². The second kappa shape index (κ2) is 10.1. The van der Waals surface area contributed by atoms with Gasteiger partial charge < -0.3 is 24.3 Å². The Morgan fingerprint density at radius 3 is 2.23 bits per heavy atom. The van der Waals surface area contributed by atoms with Crippen molar-refractivity contribution in [3.05, 3.63) is 53.6 Å². The van der Waals surface area contributed by atoms with Crippen molar-refractivity contribution in [2.24, 2.45) is 0 Å². The number of anilines is 1. The maximum atomic E-state index is 13.4. The van der Waals surface area contributed by atoms with Crippen LogP contribution in [0.2, 0.25) is 0 Å². The molecule has 0 unspecified atom stereocenters. The van der Waals surface area contributed by atoms with Gasteiger partial charge in [0.15, 0.2) is 11.5 Å². The van der Waals surface area contributed by atoms with E-state index in [-0.39, 0.29) is 11.5 Å². The van der Waals surface area contributed by atoms with Gasteiger partial charge in [-0.1, -0.05) is 30.3 Å². The van der Waals surface area contributed by atoms with Gasteiger partial charge >= 0.3 is 5.97 Å². The van der Waals surface area contributed by atoms with Gasteiger partial charge in [-0.25, -0.2) is 4.79 Å². The van der Waals surface area contributed by atoms with Crippen molar-refractivity contribution >= 4 is 17.6 Å². The predicted octanol–water partition coefficient (Wildman–Crippen LogP) is 2.50. The van der Waals surface area contributed by atoms with Gasteiger partial charge in [0, 0.05) is 25.2 Å². The molecule has 0 aromatic heterocycles. The molecule has 0 radical (unpaired) electrons. The van der Waals surface area contributed by atoms with Gasteiger partial charge in [-0.15, -0.1) is 0 Å². The lowest BCUT2D eigenvalue weighted by atomic mass is 10.0. The molecule has 0 saturated carbocycles. The highest BCUT2D eigenvalue weighted by Gasteiger charge is 2.30. The largest absolute Gasteiger partial charge is 0.493 e. The highest BCUT2D eigenvalue weighted by atomic mass is 16.5. The van der Waals surface area contributed by atoms with Crippen LogP contribution >= 0.6 is 0 Å². The molecule has 8 heteroatoms. The van der Waals surface area contributed by atoms with E-state index in [0.717, 1.165) is 5.56 Å². The summed E-state index contributed by atoms with van der Waals surface area (Å²) in [6.45, 7) is 2.37. The zero-order valence-corrected chi connectivity index (χ0v) is 17.3. The molecule has 1 saturated heterocycles. The third-order valence-electron chi connectivity index (χ3n) is 4.96. The van der Waals surface area contributed by atoms with Crippen molar-refractivity contribution < 1.29 is 28.5 Å². The van der Waals surface area contributed by atoms with Crippen LogP contribution in [0.4, 0.5) is 5.69 Å². The van der Waals surface area contributed by atoms with E-state index in [4.69, 9.17) is 18.9 Å². The maximum Gasteiger partial charge on any atom is 0.340 e. The molecule has 1 aliphatic heterocycles. The standard InChI is InChI=1S/C22H26N2O6/c1-27-18-13-16(22(26)29-3)17(14-19(18)28-2)23-21(25)20(15-7-5-4-6-8-15)24-9-11-30-12-10-24/h4-8,13-14,20H,9-12H2,1-3H3,(H,23,25)/t20-/m1/s1. The second-order valence-corrected chi connectivity index (χ2v) is 6.70. The number of hydrogen-bond acceptors (Lipinski definition) is 7. The van der Waals surface area contributed by atoms with Crippen molar-refractivity contribution in [1.82, 2.24) is 4.90 Å². The van der Waals surface area contributed by atoms with Gasteiger partial charge in [0.25, 0.3) is 0 Å². The number of esters is 1. The SMILES string of the molecule is COC(=O)c1cc(OC)c(OC)cc1NC(=O)[C@@H](c1ccccc1)N1CCOCC1. The molecule has 1 aliphatic rings. The summed E-state index contributed by atoms with van der Waals surface area (Å²) in [5.41, 5.74) is 1.33. The lowest BCUT2D eigenvalue weighted by molar-refractivity contribution is -0.123. The van der Waals surface area contributed by atoms with Crippen LogP contribution in [0.3, 0.4) is 0 Å². The third kappa shape index (κ3) is 4.72. The summed E-state index contributed by atoms with van der Waals surface area (Å²) in [5.74, 6) is -0.0962. The van der Waals surface area contributed by atoms with Crippen molar-refractivity contribution in [2.75, 3.05) is 52.9 Å². The van der Waals surface area contributed by atoms with E-state index < -0.39 is 12.0 Å². The highest BCUT2D eigenvalue weighted by molar-refractivity contribution is 6.03. The van der Waals surface area contributed by atoms with Crippen molar-refractivity contribution in [2.45, 2.75) is 6.04 Å². The van der Waals surface area contributed by atoms with Gasteiger partial charge in [-0.2, -0.15) is 0 Å². The predicted molar refractivity (Wildman–Crippen MR) is 111 cm³/mol. The monoisotopic (exact) mass is 414 g/mol. The van der Waals surface area contributed by atoms with E-state index in [0.29, 0.717) is 43.5 Å². The summed E-state index contributed by atoms with van der Waals surface area (Å²) in [4.78, 5) is 27.8. The first-order valence-corrected chi connectivity index (χ1v) is 9.61. The van der Waals surface area contributed by atoms with Gasteiger partial charge in [0.2, 0.25) is 5.91 Å². The molecule has 1 heterocycles. The average molecular weight is 414 g/mol. The molecule has 3 rings (SSSR count).